The van der Waals surface area contributed by atoms with Crippen LogP contribution in [0, 0.1) is 0 Å². The van der Waals surface area contributed by atoms with Crippen LogP contribution in [0.4, 0.5) is 0 Å². The average molecular weight is 556 g/mol. The lowest BCUT2D eigenvalue weighted by atomic mass is 10.1. The van der Waals surface area contributed by atoms with E-state index in [1.807, 2.05) is 4.72 Å². The summed E-state index contributed by atoms with van der Waals surface area (Å²) in [5.74, 6) is -0.961. The van der Waals surface area contributed by atoms with Crippen molar-refractivity contribution in [1.29, 1.82) is 0 Å². The summed E-state index contributed by atoms with van der Waals surface area (Å²) < 4.78 is 42.8. The van der Waals surface area contributed by atoms with E-state index in [1.165, 1.54) is 38.5 Å². The summed E-state index contributed by atoms with van der Waals surface area (Å²) in [6.07, 6.45) is 1.20. The molecule has 0 bridgehead atoms. The third-order valence-electron chi connectivity index (χ3n) is 5.39. The van der Waals surface area contributed by atoms with Crippen LogP contribution in [-0.2, 0) is 21.2 Å². The van der Waals surface area contributed by atoms with E-state index in [9.17, 15) is 22.8 Å². The Bertz CT molecular complexity index is 1440. The van der Waals surface area contributed by atoms with Gasteiger partial charge in [-0.15, -0.1) is 0 Å². The van der Waals surface area contributed by atoms with Gasteiger partial charge < -0.3 is 19.5 Å². The van der Waals surface area contributed by atoms with Crippen molar-refractivity contribution in [2.45, 2.75) is 31.3 Å². The Hall–Kier alpha value is -4.45. The van der Waals surface area contributed by atoms with Crippen LogP contribution in [0.25, 0.3) is 0 Å². The first kappa shape index (κ1) is 29.1. The van der Waals surface area contributed by atoms with Crippen LogP contribution in [-0.4, -0.2) is 58.1 Å². The molecule has 2 aromatic carbocycles. The van der Waals surface area contributed by atoms with E-state index in [0.29, 0.717) is 23.5 Å². The maximum Gasteiger partial charge on any atom is 0.357 e. The number of sulfonamides is 1. The van der Waals surface area contributed by atoms with Crippen LogP contribution in [0.5, 0.6) is 11.5 Å². The zero-order chi connectivity index (χ0) is 28.6. The van der Waals surface area contributed by atoms with Crippen LogP contribution in [0.15, 0.2) is 65.7 Å². The Morgan fingerprint density at radius 3 is 2.23 bits per heavy atom. The molecule has 0 atom stereocenters. The SMILES string of the molecule is COc1ccc(OC)c(C(=O)NCCc2ccc(S(=O)(=O)NC(=O)c3ccc(C(=O)OC(C)C)nc3)cc2)c1. The van der Waals surface area contributed by atoms with E-state index in [-0.39, 0.29) is 34.7 Å². The molecule has 3 rings (SSSR count). The molecule has 0 saturated heterocycles. The van der Waals surface area contributed by atoms with Gasteiger partial charge in [0.05, 0.1) is 36.3 Å². The molecule has 0 aliphatic heterocycles. The zero-order valence-electron chi connectivity index (χ0n) is 21.9. The number of carbonyl (C=O) groups excluding carboxylic acids is 3. The van der Waals surface area contributed by atoms with Gasteiger partial charge in [0, 0.05) is 12.7 Å². The number of hydrogen-bond donors (Lipinski definition) is 2. The second-order valence-electron chi connectivity index (χ2n) is 8.54. The number of rotatable bonds is 11. The number of aromatic nitrogens is 1. The smallest absolute Gasteiger partial charge is 0.357 e. The molecule has 3 aromatic rings. The molecule has 2 N–H and O–H groups in total. The van der Waals surface area contributed by atoms with Crippen molar-refractivity contribution in [2.24, 2.45) is 0 Å². The quantitative estimate of drug-likeness (QED) is 0.341. The van der Waals surface area contributed by atoms with Gasteiger partial charge in [-0.05, 0) is 68.3 Å². The Morgan fingerprint density at radius 1 is 0.923 bits per heavy atom. The number of ether oxygens (including phenoxy) is 3. The van der Waals surface area contributed by atoms with Crippen molar-refractivity contribution >= 4 is 27.8 Å². The first-order valence-electron chi connectivity index (χ1n) is 11.9. The molecule has 0 unspecified atom stereocenters. The van der Waals surface area contributed by atoms with E-state index in [0.717, 1.165) is 11.8 Å². The molecule has 0 aliphatic carbocycles. The van der Waals surface area contributed by atoms with Crippen molar-refractivity contribution in [2.75, 3.05) is 20.8 Å². The van der Waals surface area contributed by atoms with Crippen LogP contribution in [0.2, 0.25) is 0 Å². The first-order chi connectivity index (χ1) is 18.5. The predicted octanol–water partition coefficient (Wildman–Crippen LogP) is 2.76. The summed E-state index contributed by atoms with van der Waals surface area (Å²) in [5, 5.41) is 2.80. The summed E-state index contributed by atoms with van der Waals surface area (Å²) in [5.41, 5.74) is 1.05. The molecule has 0 fully saturated rings. The standard InChI is InChI=1S/C27H29N3O8S/c1-17(2)38-27(33)23-11-7-19(16-29-23)25(31)30-39(34,35)21-9-5-18(6-10-21)13-14-28-26(32)22-15-20(36-3)8-12-24(22)37-4/h5-12,15-17H,13-14H2,1-4H3,(H,28,32)(H,30,31). The molecule has 0 radical (unpaired) electrons. The third-order valence-corrected chi connectivity index (χ3v) is 6.74. The number of methoxy groups -OCH3 is 2. The lowest BCUT2D eigenvalue weighted by molar-refractivity contribution is 0.0370. The topological polar surface area (TPSA) is 150 Å². The van der Waals surface area contributed by atoms with Crippen LogP contribution in [0.3, 0.4) is 0 Å². The molecule has 0 saturated carbocycles. The van der Waals surface area contributed by atoms with Gasteiger partial charge in [0.2, 0.25) is 0 Å². The Labute approximate surface area is 226 Å². The lowest BCUT2D eigenvalue weighted by Gasteiger charge is -2.11. The van der Waals surface area contributed by atoms with E-state index in [4.69, 9.17) is 14.2 Å². The van der Waals surface area contributed by atoms with Gasteiger partial charge in [0.1, 0.15) is 17.2 Å². The molecule has 1 heterocycles. The Kier molecular flexibility index (Phi) is 9.61. The summed E-state index contributed by atoms with van der Waals surface area (Å²) in [6.45, 7) is 3.67. The van der Waals surface area contributed by atoms with E-state index in [2.05, 4.69) is 10.3 Å². The Balaban J connectivity index is 1.57. The highest BCUT2D eigenvalue weighted by molar-refractivity contribution is 7.90. The van der Waals surface area contributed by atoms with Gasteiger partial charge in [-0.3, -0.25) is 9.59 Å². The molecule has 1 aromatic heterocycles. The molecule has 39 heavy (non-hydrogen) atoms. The monoisotopic (exact) mass is 555 g/mol. The first-order valence-corrected chi connectivity index (χ1v) is 13.4. The maximum absolute atomic E-state index is 12.7. The van der Waals surface area contributed by atoms with Gasteiger partial charge in [-0.25, -0.2) is 22.9 Å². The highest BCUT2D eigenvalue weighted by atomic mass is 32.2. The van der Waals surface area contributed by atoms with Gasteiger partial charge in [-0.1, -0.05) is 12.1 Å². The summed E-state index contributed by atoms with van der Waals surface area (Å²) in [4.78, 5) is 40.7. The highest BCUT2D eigenvalue weighted by Gasteiger charge is 2.20. The highest BCUT2D eigenvalue weighted by Crippen LogP contribution is 2.23. The molecular formula is C27H29N3O8S. The van der Waals surface area contributed by atoms with Crippen LogP contribution in [0.1, 0.15) is 50.6 Å². The van der Waals surface area contributed by atoms with Gasteiger partial charge in [0.25, 0.3) is 21.8 Å². The zero-order valence-corrected chi connectivity index (χ0v) is 22.7. The average Bonchev–Trinajstić information content (AvgIpc) is 2.92. The normalized spacial score (nSPS) is 11.0. The molecular weight excluding hydrogens is 526 g/mol. The van der Waals surface area contributed by atoms with Crippen LogP contribution < -0.4 is 19.5 Å². The number of nitrogens with zero attached hydrogens (tertiary/aromatic N) is 1. The second kappa shape index (κ2) is 12.9. The summed E-state index contributed by atoms with van der Waals surface area (Å²) in [6, 6.07) is 13.4. The fraction of sp³-hybridized carbons (Fsp3) is 0.259. The number of esters is 1. The Morgan fingerprint density at radius 2 is 1.64 bits per heavy atom. The van der Waals surface area contributed by atoms with E-state index in [1.54, 1.807) is 44.2 Å². The largest absolute Gasteiger partial charge is 0.497 e. The van der Waals surface area contributed by atoms with Crippen LogP contribution >= 0.6 is 0 Å². The number of amides is 2. The fourth-order valence-electron chi connectivity index (χ4n) is 3.41. The van der Waals surface area contributed by atoms with E-state index < -0.39 is 21.9 Å². The molecule has 11 nitrogen and oxygen atoms in total. The maximum atomic E-state index is 12.7. The minimum atomic E-state index is -4.17. The molecule has 0 spiro atoms. The molecule has 0 aliphatic rings. The number of carbonyl (C=O) groups is 3. The van der Waals surface area contributed by atoms with Gasteiger partial charge >= 0.3 is 5.97 Å². The van der Waals surface area contributed by atoms with Gasteiger partial charge in [0.15, 0.2) is 0 Å². The minimum absolute atomic E-state index is 0.00230. The second-order valence-corrected chi connectivity index (χ2v) is 10.2. The van der Waals surface area contributed by atoms with Crippen molar-refractivity contribution in [3.63, 3.8) is 0 Å². The number of nitrogens with one attached hydrogen (secondary N) is 2. The number of pyridine rings is 1. The third kappa shape index (κ3) is 7.77. The van der Waals surface area contributed by atoms with Crippen molar-refractivity contribution < 1.29 is 37.0 Å². The molecule has 12 heteroatoms. The summed E-state index contributed by atoms with van der Waals surface area (Å²) >= 11 is 0. The van der Waals surface area contributed by atoms with Gasteiger partial charge in [-0.2, -0.15) is 0 Å². The lowest BCUT2D eigenvalue weighted by Crippen LogP contribution is -2.30. The number of benzene rings is 2. The van der Waals surface area contributed by atoms with Crippen molar-refractivity contribution in [1.82, 2.24) is 15.0 Å². The minimum Gasteiger partial charge on any atom is -0.497 e. The van der Waals surface area contributed by atoms with Crippen molar-refractivity contribution in [3.8, 4) is 11.5 Å². The molecule has 2 amide bonds. The molecule has 206 valence electrons. The fourth-order valence-corrected chi connectivity index (χ4v) is 4.38. The van der Waals surface area contributed by atoms with E-state index >= 15 is 0 Å². The summed E-state index contributed by atoms with van der Waals surface area (Å²) in [7, 11) is -1.20. The number of hydrogen-bond acceptors (Lipinski definition) is 9. The van der Waals surface area contributed by atoms with Crippen molar-refractivity contribution in [3.05, 3.63) is 83.2 Å². The predicted molar refractivity (Wildman–Crippen MR) is 141 cm³/mol.